The number of carbonyl (C=O) groups is 1. The van der Waals surface area contributed by atoms with Crippen molar-refractivity contribution in [2.45, 2.75) is 179 Å². The van der Waals surface area contributed by atoms with E-state index in [-0.39, 0.29) is 50.6 Å². The van der Waals surface area contributed by atoms with Crippen molar-refractivity contribution < 1.29 is 68.0 Å². The number of ether oxygens (including phenoxy) is 8. The van der Waals surface area contributed by atoms with Crippen LogP contribution in [-0.2, 0) is 47.5 Å². The molecule has 1 saturated carbocycles. The number of oxime groups is 1. The van der Waals surface area contributed by atoms with Crippen LogP contribution in [0.3, 0.4) is 0 Å². The Labute approximate surface area is 353 Å². The average molecular weight is 849 g/mol. The van der Waals surface area contributed by atoms with Crippen LogP contribution in [0.4, 0.5) is 0 Å². The monoisotopic (exact) mass is 849 g/mol. The Morgan fingerprint density at radius 1 is 0.864 bits per heavy atom. The molecule has 0 aromatic heterocycles. The van der Waals surface area contributed by atoms with Gasteiger partial charge in [0.1, 0.15) is 18.0 Å². The van der Waals surface area contributed by atoms with Crippen molar-refractivity contribution >= 4 is 11.5 Å². The number of rotatable bonds is 14. The fourth-order valence-electron chi connectivity index (χ4n) is 9.54. The first-order valence-electron chi connectivity index (χ1n) is 21.5. The summed E-state index contributed by atoms with van der Waals surface area (Å²) in [6.45, 7) is 18.8. The molecule has 2 heterocycles. The summed E-state index contributed by atoms with van der Waals surface area (Å²) in [6, 6.07) is -0.267. The van der Waals surface area contributed by atoms with Gasteiger partial charge in [-0.05, 0) is 67.5 Å². The Bertz CT molecular complexity index is 1320. The van der Waals surface area contributed by atoms with Gasteiger partial charge in [-0.25, -0.2) is 0 Å². The molecule has 0 radical (unpaired) electrons. The standard InChI is InChI=1S/C43H80N2O14/c1-16-30-20-32(46)26(4)36(58-33-22-41(8,52-14)38(49)29(7)57-33)28(6)39(59-40-35(47)31(45(11)12)19-25(3)56-40)42(9,53-15)21-24(2)34(27(5)37(48)43(30,10)50)44-55-23-54-18-17-51-13/h24-31,33,35-40,47-50H,16-23H2,1-15H3/b44-34+/t24-,25-,26+,27+,28+,29+,30+,31+,33+,35-,36-,37-,38+,39-,40+,41-,42-,43-/m1/s1. The molecular weight excluding hydrogens is 768 g/mol. The highest BCUT2D eigenvalue weighted by molar-refractivity contribution is 5.89. The highest BCUT2D eigenvalue weighted by Crippen LogP contribution is 2.43. The maximum Gasteiger partial charge on any atom is 0.216 e. The zero-order valence-corrected chi connectivity index (χ0v) is 38.6. The summed E-state index contributed by atoms with van der Waals surface area (Å²) in [4.78, 5) is 22.3. The fraction of sp³-hybridized carbons (Fsp3) is 0.953. The van der Waals surface area contributed by atoms with Crippen LogP contribution in [0.2, 0.25) is 0 Å². The van der Waals surface area contributed by atoms with Crippen LogP contribution < -0.4 is 0 Å². The summed E-state index contributed by atoms with van der Waals surface area (Å²) in [5, 5.41) is 51.5. The summed E-state index contributed by atoms with van der Waals surface area (Å²) in [5.74, 6) is -3.45. The number of likely N-dealkylation sites (N-methyl/N-ethyl adjacent to an activating group) is 1. The Morgan fingerprint density at radius 2 is 1.51 bits per heavy atom. The van der Waals surface area contributed by atoms with Gasteiger partial charge >= 0.3 is 0 Å². The van der Waals surface area contributed by atoms with Gasteiger partial charge in [0, 0.05) is 63.9 Å². The predicted molar refractivity (Wildman–Crippen MR) is 220 cm³/mol. The number of nitrogens with zero attached hydrogens (tertiary/aromatic N) is 2. The van der Waals surface area contributed by atoms with Crippen LogP contribution in [0.15, 0.2) is 5.16 Å². The van der Waals surface area contributed by atoms with E-state index in [0.717, 1.165) is 0 Å². The first kappa shape index (κ1) is 52.0. The van der Waals surface area contributed by atoms with Crippen molar-refractivity contribution in [3.8, 4) is 0 Å². The SMILES string of the molecule is CC[C@H]1CC(=O)[C@H](C)[C@@H](O[C@H]2C[C@@](C)(OC)[C@@H](O)[C@H](C)O2)[C@H](C)[C@@H](O[C@@H]2O[C@H](C)C[C@H](N(C)C)[C@H]2O)[C@](C)(OC)C[C@@H](C)/C(=N\OCOCCOC)[C@H](C)[C@@H](O)[C@]1(C)O. The number of aliphatic hydroxyl groups is 4. The van der Waals surface area contributed by atoms with E-state index in [4.69, 9.17) is 42.7 Å². The summed E-state index contributed by atoms with van der Waals surface area (Å²) in [7, 11) is 8.49. The molecule has 2 aliphatic heterocycles. The van der Waals surface area contributed by atoms with Crippen LogP contribution >= 0.6 is 0 Å². The third-order valence-corrected chi connectivity index (χ3v) is 13.7. The molecule has 4 N–H and O–H groups in total. The number of aliphatic hydroxyl groups excluding tert-OH is 3. The molecule has 0 unspecified atom stereocenters. The van der Waals surface area contributed by atoms with E-state index in [0.29, 0.717) is 25.2 Å². The quantitative estimate of drug-likeness (QED) is 0.113. The normalized spacial score (nSPS) is 45.4. The minimum atomic E-state index is -1.71. The smallest absolute Gasteiger partial charge is 0.216 e. The van der Waals surface area contributed by atoms with Crippen LogP contribution in [0.5, 0.6) is 0 Å². The van der Waals surface area contributed by atoms with Crippen molar-refractivity contribution in [1.82, 2.24) is 4.90 Å². The van der Waals surface area contributed by atoms with E-state index in [1.54, 1.807) is 48.8 Å². The second-order valence-electron chi connectivity index (χ2n) is 18.3. The van der Waals surface area contributed by atoms with E-state index in [9.17, 15) is 25.2 Å². The Hall–Kier alpha value is -1.38. The molecule has 3 rings (SSSR count). The van der Waals surface area contributed by atoms with Gasteiger partial charge in [0.05, 0.1) is 66.2 Å². The van der Waals surface area contributed by atoms with Crippen LogP contribution in [0, 0.1) is 29.6 Å². The van der Waals surface area contributed by atoms with Gasteiger partial charge in [-0.2, -0.15) is 0 Å². The first-order valence-corrected chi connectivity index (χ1v) is 21.5. The molecule has 3 fully saturated rings. The van der Waals surface area contributed by atoms with Gasteiger partial charge in [0.15, 0.2) is 12.6 Å². The van der Waals surface area contributed by atoms with Crippen molar-refractivity contribution in [2.75, 3.05) is 55.4 Å². The van der Waals surface area contributed by atoms with E-state index < -0.39 is 95.6 Å². The van der Waals surface area contributed by atoms with Gasteiger partial charge in [-0.3, -0.25) is 4.79 Å². The molecule has 0 bridgehead atoms. The first-order chi connectivity index (χ1) is 27.5. The third-order valence-electron chi connectivity index (χ3n) is 13.7. The molecule has 1 aliphatic carbocycles. The molecule has 3 aliphatic rings. The molecule has 0 aromatic carbocycles. The van der Waals surface area contributed by atoms with Gasteiger partial charge in [-0.15, -0.1) is 0 Å². The number of Topliss-reactive ketones (excluding diaryl/α,β-unsaturated/α-hetero) is 1. The van der Waals surface area contributed by atoms with Crippen molar-refractivity contribution in [3.63, 3.8) is 0 Å². The maximum atomic E-state index is 14.6. The van der Waals surface area contributed by atoms with E-state index in [2.05, 4.69) is 5.16 Å². The van der Waals surface area contributed by atoms with Crippen molar-refractivity contribution in [3.05, 3.63) is 0 Å². The number of ketones is 1. The second kappa shape index (κ2) is 22.3. The lowest BCUT2D eigenvalue weighted by molar-refractivity contribution is -0.318. The Kier molecular flexibility index (Phi) is 19.6. The zero-order chi connectivity index (χ0) is 44.6. The molecule has 18 atom stereocenters. The largest absolute Gasteiger partial charge is 0.389 e. The summed E-state index contributed by atoms with van der Waals surface area (Å²) < 4.78 is 49.4. The maximum absolute atomic E-state index is 14.6. The minimum Gasteiger partial charge on any atom is -0.389 e. The van der Waals surface area contributed by atoms with Gasteiger partial charge in [0.25, 0.3) is 0 Å². The molecule has 2 saturated heterocycles. The number of hydrogen-bond donors (Lipinski definition) is 4. The molecule has 16 nitrogen and oxygen atoms in total. The molecule has 16 heteroatoms. The zero-order valence-electron chi connectivity index (χ0n) is 38.6. The van der Waals surface area contributed by atoms with Gasteiger partial charge < -0.3 is 68.1 Å². The third kappa shape index (κ3) is 12.4. The highest BCUT2D eigenvalue weighted by atomic mass is 16.7. The highest BCUT2D eigenvalue weighted by Gasteiger charge is 2.53. The van der Waals surface area contributed by atoms with E-state index in [1.165, 1.54) is 7.11 Å². The lowest BCUT2D eigenvalue weighted by Gasteiger charge is -2.50. The fourth-order valence-corrected chi connectivity index (χ4v) is 9.54. The second-order valence-corrected chi connectivity index (χ2v) is 18.3. The average Bonchev–Trinajstić information content (AvgIpc) is 3.18. The Morgan fingerprint density at radius 3 is 2.08 bits per heavy atom. The lowest BCUT2D eigenvalue weighted by Crippen LogP contribution is -2.61. The van der Waals surface area contributed by atoms with Gasteiger partial charge in [-0.1, -0.05) is 46.2 Å². The summed E-state index contributed by atoms with van der Waals surface area (Å²) in [5.41, 5.74) is -3.46. The summed E-state index contributed by atoms with van der Waals surface area (Å²) >= 11 is 0. The van der Waals surface area contributed by atoms with Crippen LogP contribution in [0.25, 0.3) is 0 Å². The molecule has 0 spiro atoms. The predicted octanol–water partition coefficient (Wildman–Crippen LogP) is 3.53. The Balaban J connectivity index is 2.26. The molecule has 59 heavy (non-hydrogen) atoms. The van der Waals surface area contributed by atoms with Crippen LogP contribution in [-0.4, -0.2) is 170 Å². The van der Waals surface area contributed by atoms with Crippen LogP contribution in [0.1, 0.15) is 101 Å². The van der Waals surface area contributed by atoms with E-state index >= 15 is 0 Å². The minimum absolute atomic E-state index is 0.0666. The van der Waals surface area contributed by atoms with Crippen molar-refractivity contribution in [2.24, 2.45) is 34.7 Å². The topological polar surface area (TPSA) is 197 Å². The number of hydrogen-bond acceptors (Lipinski definition) is 16. The number of methoxy groups -OCH3 is 3. The molecule has 0 aromatic rings. The van der Waals surface area contributed by atoms with Gasteiger partial charge in [0.2, 0.25) is 6.79 Å². The molecule has 346 valence electrons. The van der Waals surface area contributed by atoms with Crippen molar-refractivity contribution in [1.29, 1.82) is 0 Å². The number of carbonyl (C=O) groups excluding carboxylic acids is 1. The lowest BCUT2D eigenvalue weighted by atomic mass is 9.69. The summed E-state index contributed by atoms with van der Waals surface area (Å²) in [6.07, 6.45) is -6.63. The molecular formula is C43H80N2O14. The van der Waals surface area contributed by atoms with E-state index in [1.807, 2.05) is 53.6 Å². The molecule has 0 amide bonds.